The minimum absolute atomic E-state index is 0.288. The van der Waals surface area contributed by atoms with Crippen LogP contribution in [0.5, 0.6) is 0 Å². The lowest BCUT2D eigenvalue weighted by molar-refractivity contribution is -0.115. The fourth-order valence-electron chi connectivity index (χ4n) is 1.86. The predicted octanol–water partition coefficient (Wildman–Crippen LogP) is 3.66. The van der Waals surface area contributed by atoms with Crippen LogP contribution < -0.4 is 0 Å². The first-order valence-electron chi connectivity index (χ1n) is 5.50. The fourth-order valence-corrected chi connectivity index (χ4v) is 1.86. The predicted molar refractivity (Wildman–Crippen MR) is 60.2 cm³/mol. The number of Topliss-reactive ketones (excluding diaryl/α,β-unsaturated/α-hetero) is 1. The van der Waals surface area contributed by atoms with Crippen LogP contribution in [0.3, 0.4) is 0 Å². The summed E-state index contributed by atoms with van der Waals surface area (Å²) in [4.78, 5) is 11.4. The van der Waals surface area contributed by atoms with Gasteiger partial charge in [-0.05, 0) is 44.6 Å². The molecule has 0 saturated carbocycles. The van der Waals surface area contributed by atoms with Crippen LogP contribution in [-0.2, 0) is 4.79 Å². The normalized spacial score (nSPS) is 23.2. The number of hydrogen-bond donors (Lipinski definition) is 0. The third-order valence-corrected chi connectivity index (χ3v) is 2.93. The lowest BCUT2D eigenvalue weighted by Gasteiger charge is -2.17. The van der Waals surface area contributed by atoms with Crippen LogP contribution in [0.25, 0.3) is 0 Å². The van der Waals surface area contributed by atoms with Gasteiger partial charge in [0.25, 0.3) is 0 Å². The summed E-state index contributed by atoms with van der Waals surface area (Å²) in [5.74, 6) is 0.880. The summed E-state index contributed by atoms with van der Waals surface area (Å²) in [5.41, 5.74) is 2.44. The molecule has 0 amide bonds. The van der Waals surface area contributed by atoms with Crippen molar-refractivity contribution >= 4 is 5.78 Å². The Balaban J connectivity index is 2.56. The first-order chi connectivity index (χ1) is 6.63. The summed E-state index contributed by atoms with van der Waals surface area (Å²) in [6.07, 6.45) is 8.60. The van der Waals surface area contributed by atoms with Crippen LogP contribution in [0.2, 0.25) is 0 Å². The summed E-state index contributed by atoms with van der Waals surface area (Å²) in [5, 5.41) is 0. The minimum Gasteiger partial charge on any atom is -0.295 e. The Morgan fingerprint density at radius 2 is 2.36 bits per heavy atom. The molecule has 0 aromatic rings. The molecule has 0 saturated heterocycles. The summed E-state index contributed by atoms with van der Waals surface area (Å²) in [7, 11) is 0. The van der Waals surface area contributed by atoms with E-state index in [1.165, 1.54) is 18.4 Å². The van der Waals surface area contributed by atoms with Crippen molar-refractivity contribution in [2.24, 2.45) is 5.92 Å². The number of ketones is 1. The van der Waals surface area contributed by atoms with Crippen molar-refractivity contribution < 1.29 is 4.79 Å². The molecule has 1 nitrogen and oxygen atoms in total. The van der Waals surface area contributed by atoms with Crippen LogP contribution in [0.15, 0.2) is 23.3 Å². The number of allylic oxidation sites excluding steroid dienone is 4. The largest absolute Gasteiger partial charge is 0.295 e. The Morgan fingerprint density at radius 3 is 2.86 bits per heavy atom. The van der Waals surface area contributed by atoms with Gasteiger partial charge in [0, 0.05) is 6.42 Å². The maximum absolute atomic E-state index is 11.4. The molecule has 78 valence electrons. The van der Waals surface area contributed by atoms with Crippen molar-refractivity contribution in [2.75, 3.05) is 0 Å². The second kappa shape index (κ2) is 5.14. The van der Waals surface area contributed by atoms with Gasteiger partial charge in [-0.3, -0.25) is 4.79 Å². The van der Waals surface area contributed by atoms with Gasteiger partial charge in [-0.25, -0.2) is 0 Å². The number of hydrogen-bond acceptors (Lipinski definition) is 1. The summed E-state index contributed by atoms with van der Waals surface area (Å²) in [6.45, 7) is 6.05. The quantitative estimate of drug-likeness (QED) is 0.492. The maximum atomic E-state index is 11.4. The minimum atomic E-state index is 0.288. The van der Waals surface area contributed by atoms with Gasteiger partial charge in [-0.1, -0.05) is 24.6 Å². The highest BCUT2D eigenvalue weighted by atomic mass is 16.1. The highest BCUT2D eigenvalue weighted by Gasteiger charge is 2.11. The Hall–Kier alpha value is -0.850. The van der Waals surface area contributed by atoms with Crippen LogP contribution >= 0.6 is 0 Å². The number of rotatable bonds is 3. The fraction of sp³-hybridized carbons (Fsp3) is 0.615. The number of carbonyl (C=O) groups excluding carboxylic acids is 1. The van der Waals surface area contributed by atoms with E-state index in [1.54, 1.807) is 0 Å². The zero-order valence-electron chi connectivity index (χ0n) is 9.47. The molecule has 0 aromatic carbocycles. The van der Waals surface area contributed by atoms with Gasteiger partial charge in [-0.15, -0.1) is 0 Å². The van der Waals surface area contributed by atoms with E-state index in [0.29, 0.717) is 12.3 Å². The molecule has 1 atom stereocenters. The molecule has 0 N–H and O–H groups in total. The summed E-state index contributed by atoms with van der Waals surface area (Å²) < 4.78 is 0. The molecular formula is C13H20O. The van der Waals surface area contributed by atoms with Gasteiger partial charge in [0.15, 0.2) is 5.78 Å². The van der Waals surface area contributed by atoms with Gasteiger partial charge in [0.05, 0.1) is 0 Å². The molecule has 1 aliphatic carbocycles. The molecule has 0 bridgehead atoms. The zero-order valence-corrected chi connectivity index (χ0v) is 9.47. The Bertz CT molecular complexity index is 271. The zero-order chi connectivity index (χ0) is 10.6. The smallest absolute Gasteiger partial charge is 0.157 e. The molecule has 0 spiro atoms. The molecule has 14 heavy (non-hydrogen) atoms. The molecule has 0 heterocycles. The van der Waals surface area contributed by atoms with Gasteiger partial charge >= 0.3 is 0 Å². The Labute approximate surface area is 86.9 Å². The second-order valence-electron chi connectivity index (χ2n) is 4.21. The van der Waals surface area contributed by atoms with E-state index in [9.17, 15) is 4.79 Å². The molecular weight excluding hydrogens is 172 g/mol. The monoisotopic (exact) mass is 192 g/mol. The SMILES string of the molecule is CCC(=O)/C(C)=C/C1CC=C(C)CC1. The number of carbonyl (C=O) groups is 1. The molecule has 1 aliphatic rings. The van der Waals surface area contributed by atoms with Crippen molar-refractivity contribution in [2.45, 2.75) is 46.5 Å². The van der Waals surface area contributed by atoms with Gasteiger partial charge in [0.2, 0.25) is 0 Å². The lowest BCUT2D eigenvalue weighted by Crippen LogP contribution is -2.05. The average molecular weight is 192 g/mol. The first kappa shape index (κ1) is 11.2. The molecule has 1 rings (SSSR count). The van der Waals surface area contributed by atoms with E-state index in [-0.39, 0.29) is 5.78 Å². The second-order valence-corrected chi connectivity index (χ2v) is 4.21. The molecule has 0 fully saturated rings. The third-order valence-electron chi connectivity index (χ3n) is 2.93. The van der Waals surface area contributed by atoms with Crippen molar-refractivity contribution in [3.63, 3.8) is 0 Å². The van der Waals surface area contributed by atoms with E-state index < -0.39 is 0 Å². The Morgan fingerprint density at radius 1 is 1.64 bits per heavy atom. The van der Waals surface area contributed by atoms with E-state index in [0.717, 1.165) is 12.0 Å². The van der Waals surface area contributed by atoms with Crippen molar-refractivity contribution in [1.29, 1.82) is 0 Å². The van der Waals surface area contributed by atoms with E-state index >= 15 is 0 Å². The van der Waals surface area contributed by atoms with Gasteiger partial charge < -0.3 is 0 Å². The van der Waals surface area contributed by atoms with Crippen LogP contribution in [-0.4, -0.2) is 5.78 Å². The highest BCUT2D eigenvalue weighted by molar-refractivity contribution is 5.94. The molecule has 0 aromatic heterocycles. The van der Waals surface area contributed by atoms with E-state index in [1.807, 2.05) is 13.8 Å². The van der Waals surface area contributed by atoms with Crippen molar-refractivity contribution in [3.8, 4) is 0 Å². The first-order valence-corrected chi connectivity index (χ1v) is 5.50. The highest BCUT2D eigenvalue weighted by Crippen LogP contribution is 2.25. The van der Waals surface area contributed by atoms with Crippen molar-refractivity contribution in [3.05, 3.63) is 23.3 Å². The van der Waals surface area contributed by atoms with E-state index in [4.69, 9.17) is 0 Å². The summed E-state index contributed by atoms with van der Waals surface area (Å²) >= 11 is 0. The molecule has 1 unspecified atom stereocenters. The van der Waals surface area contributed by atoms with Gasteiger partial charge in [0.1, 0.15) is 0 Å². The maximum Gasteiger partial charge on any atom is 0.157 e. The van der Waals surface area contributed by atoms with Crippen LogP contribution in [0.4, 0.5) is 0 Å². The molecule has 1 heteroatoms. The van der Waals surface area contributed by atoms with Crippen LogP contribution in [0, 0.1) is 5.92 Å². The molecule has 0 aliphatic heterocycles. The summed E-state index contributed by atoms with van der Waals surface area (Å²) in [6, 6.07) is 0. The topological polar surface area (TPSA) is 17.1 Å². The van der Waals surface area contributed by atoms with Gasteiger partial charge in [-0.2, -0.15) is 0 Å². The lowest BCUT2D eigenvalue weighted by atomic mass is 9.88. The van der Waals surface area contributed by atoms with Crippen molar-refractivity contribution in [1.82, 2.24) is 0 Å². The standard InChI is InChI=1S/C13H20O/c1-4-13(14)11(3)9-12-7-5-10(2)6-8-12/h5,9,12H,4,6-8H2,1-3H3/b11-9+. The van der Waals surface area contributed by atoms with E-state index in [2.05, 4.69) is 19.1 Å². The Kier molecular flexibility index (Phi) is 4.12. The average Bonchev–Trinajstić information content (AvgIpc) is 2.20. The van der Waals surface area contributed by atoms with Crippen LogP contribution in [0.1, 0.15) is 46.5 Å². The molecule has 0 radical (unpaired) electrons. The third kappa shape index (κ3) is 3.13.